The van der Waals surface area contributed by atoms with Gasteiger partial charge in [0.25, 0.3) is 0 Å². The Morgan fingerprint density at radius 3 is 2.70 bits per heavy atom. The third kappa shape index (κ3) is 5.23. The third-order valence-corrected chi connectivity index (χ3v) is 5.52. The van der Waals surface area contributed by atoms with Crippen molar-refractivity contribution in [2.45, 2.75) is 12.8 Å². The number of rotatable bonds is 8. The van der Waals surface area contributed by atoms with Crippen molar-refractivity contribution in [1.29, 1.82) is 0 Å². The van der Waals surface area contributed by atoms with E-state index in [1.165, 1.54) is 22.3 Å². The Morgan fingerprint density at radius 1 is 1.24 bits per heavy atom. The summed E-state index contributed by atoms with van der Waals surface area (Å²) in [7, 11) is 3.54. The third-order valence-electron chi connectivity index (χ3n) is 5.52. The molecule has 4 rings (SSSR count). The number of fused-ring (bicyclic) bond motifs is 1. The van der Waals surface area contributed by atoms with E-state index in [4.69, 9.17) is 4.74 Å². The van der Waals surface area contributed by atoms with Gasteiger partial charge in [0.05, 0.1) is 19.1 Å². The number of hydrogen-bond acceptors (Lipinski definition) is 4. The highest BCUT2D eigenvalue weighted by Crippen LogP contribution is 2.42. The minimum atomic E-state index is 0.204. The lowest BCUT2D eigenvalue weighted by atomic mass is 9.96. The van der Waals surface area contributed by atoms with E-state index in [9.17, 15) is 4.79 Å². The molecule has 33 heavy (non-hydrogen) atoms. The van der Waals surface area contributed by atoms with E-state index >= 15 is 0 Å². The van der Waals surface area contributed by atoms with Crippen LogP contribution in [0.3, 0.4) is 0 Å². The number of carbonyl (C=O) groups excluding carboxylic acids is 1. The number of ether oxygens (including phenoxy) is 1. The number of carbonyl (C=O) groups is 1. The number of allylic oxidation sites excluding steroid dienone is 4. The number of nitrogens with zero attached hydrogens (tertiary/aromatic N) is 2. The number of methoxy groups -OCH3 is 1. The Kier molecular flexibility index (Phi) is 8.24. The maximum Gasteiger partial charge on any atom is 0.207 e. The quantitative estimate of drug-likeness (QED) is 0.484. The fourth-order valence-electron chi connectivity index (χ4n) is 4.00. The van der Waals surface area contributed by atoms with E-state index in [0.29, 0.717) is 6.54 Å². The summed E-state index contributed by atoms with van der Waals surface area (Å²) in [5.74, 6) is 1.02. The topological polar surface area (TPSA) is 68.2 Å². The fraction of sp³-hybridized carbons (Fsp3) is 0.185. The molecule has 1 aliphatic rings. The molecule has 0 fully saturated rings. The van der Waals surface area contributed by atoms with Crippen LogP contribution in [0.5, 0.6) is 5.75 Å². The van der Waals surface area contributed by atoms with Crippen LogP contribution in [0.15, 0.2) is 91.6 Å². The zero-order valence-corrected chi connectivity index (χ0v) is 19.3. The Morgan fingerprint density at radius 2 is 2.06 bits per heavy atom. The monoisotopic (exact) mass is 442 g/mol. The first kappa shape index (κ1) is 23.6. The molecule has 1 aliphatic carbocycles. The first-order valence-corrected chi connectivity index (χ1v) is 10.8. The average molecular weight is 443 g/mol. The van der Waals surface area contributed by atoms with Crippen molar-refractivity contribution in [3.05, 3.63) is 103 Å². The first-order valence-electron chi connectivity index (χ1n) is 10.8. The lowest BCUT2D eigenvalue weighted by Crippen LogP contribution is -2.19. The van der Waals surface area contributed by atoms with Crippen molar-refractivity contribution in [2.24, 2.45) is 0 Å². The number of hydrogen-bond donors (Lipinski definition) is 2. The number of amides is 1. The van der Waals surface area contributed by atoms with E-state index in [1.54, 1.807) is 19.6 Å². The zero-order chi connectivity index (χ0) is 23.6. The summed E-state index contributed by atoms with van der Waals surface area (Å²) in [5.41, 5.74) is 6.90. The summed E-state index contributed by atoms with van der Waals surface area (Å²) in [6.45, 7) is 6.53. The largest absolute Gasteiger partial charge is 0.494 e. The highest BCUT2D eigenvalue weighted by Gasteiger charge is 2.27. The number of aromatic nitrogens is 2. The maximum atomic E-state index is 10.5. The summed E-state index contributed by atoms with van der Waals surface area (Å²) < 4.78 is 7.24. The molecule has 0 aliphatic heterocycles. The fourth-order valence-corrected chi connectivity index (χ4v) is 4.00. The summed E-state index contributed by atoms with van der Waals surface area (Å²) in [6.07, 6.45) is 12.2. The Bertz CT molecular complexity index is 1150. The van der Waals surface area contributed by atoms with Gasteiger partial charge in [-0.3, -0.25) is 4.79 Å². The van der Waals surface area contributed by atoms with Crippen LogP contribution in [0.1, 0.15) is 24.0 Å². The molecular formula is C27H30N4O2. The van der Waals surface area contributed by atoms with E-state index in [2.05, 4.69) is 40.4 Å². The lowest BCUT2D eigenvalue weighted by molar-refractivity contribution is -0.109. The van der Waals surface area contributed by atoms with E-state index in [1.807, 2.05) is 67.2 Å². The van der Waals surface area contributed by atoms with Gasteiger partial charge in [0.1, 0.15) is 5.75 Å². The molecule has 6 nitrogen and oxygen atoms in total. The van der Waals surface area contributed by atoms with E-state index < -0.39 is 0 Å². The molecule has 2 N–H and O–H groups in total. The number of benzene rings is 2. The standard InChI is InChI=1S/C16H17NO.C11H13N3O/c1-3-7-13-12(4-2)16(10-17-11-18)15-9-6-5-8-14(13)15;1-12-9-3-4-10(11(7-9)15-2)14-6-5-13-8-14/h3-9,11,16H,2,10H2,1H3,(H,17,18);3-8,12H,1-2H3/b7-3-;. The van der Waals surface area contributed by atoms with Crippen LogP contribution in [-0.4, -0.2) is 36.7 Å². The van der Waals surface area contributed by atoms with Crippen molar-refractivity contribution in [1.82, 2.24) is 14.9 Å². The van der Waals surface area contributed by atoms with Gasteiger partial charge in [0.2, 0.25) is 6.41 Å². The van der Waals surface area contributed by atoms with Crippen molar-refractivity contribution >= 4 is 17.7 Å². The van der Waals surface area contributed by atoms with Gasteiger partial charge < -0.3 is 19.9 Å². The SMILES string of the molecule is C=CC1=C(/C=C\C)c2ccccc2C1CNC=O.CNc1ccc(-n2ccnc2)c(OC)c1. The van der Waals surface area contributed by atoms with Gasteiger partial charge in [0, 0.05) is 43.7 Å². The van der Waals surface area contributed by atoms with Crippen molar-refractivity contribution < 1.29 is 9.53 Å². The maximum absolute atomic E-state index is 10.5. The molecule has 1 atom stereocenters. The predicted octanol–water partition coefficient (Wildman–Crippen LogP) is 4.97. The van der Waals surface area contributed by atoms with Gasteiger partial charge in [-0.1, -0.05) is 49.1 Å². The van der Waals surface area contributed by atoms with Gasteiger partial charge in [-0.15, -0.1) is 0 Å². The van der Waals surface area contributed by atoms with Crippen LogP contribution in [0.4, 0.5) is 5.69 Å². The van der Waals surface area contributed by atoms with Crippen LogP contribution < -0.4 is 15.4 Å². The molecule has 170 valence electrons. The van der Waals surface area contributed by atoms with Crippen LogP contribution in [0, 0.1) is 0 Å². The highest BCUT2D eigenvalue weighted by atomic mass is 16.5. The van der Waals surface area contributed by atoms with Gasteiger partial charge in [-0.05, 0) is 41.3 Å². The van der Waals surface area contributed by atoms with Crippen LogP contribution in [0.2, 0.25) is 0 Å². The normalized spacial score (nSPS) is 14.3. The number of imidazole rings is 1. The minimum absolute atomic E-state index is 0.204. The summed E-state index contributed by atoms with van der Waals surface area (Å²) >= 11 is 0. The minimum Gasteiger partial charge on any atom is -0.494 e. The van der Waals surface area contributed by atoms with Crippen molar-refractivity contribution in [3.8, 4) is 11.4 Å². The molecule has 0 spiro atoms. The van der Waals surface area contributed by atoms with Gasteiger partial charge in [-0.2, -0.15) is 0 Å². The predicted molar refractivity (Wildman–Crippen MR) is 135 cm³/mol. The van der Waals surface area contributed by atoms with Crippen LogP contribution in [-0.2, 0) is 4.79 Å². The molecule has 0 radical (unpaired) electrons. The number of anilines is 1. The molecular weight excluding hydrogens is 412 g/mol. The summed E-state index contributed by atoms with van der Waals surface area (Å²) in [5, 5.41) is 5.84. The molecule has 0 saturated carbocycles. The molecule has 6 heteroatoms. The summed E-state index contributed by atoms with van der Waals surface area (Å²) in [4.78, 5) is 14.5. The Hall–Kier alpha value is -4.06. The first-order chi connectivity index (χ1) is 16.2. The molecule has 1 unspecified atom stereocenters. The zero-order valence-electron chi connectivity index (χ0n) is 19.3. The van der Waals surface area contributed by atoms with Crippen molar-refractivity contribution in [3.63, 3.8) is 0 Å². The molecule has 0 saturated heterocycles. The van der Waals surface area contributed by atoms with Crippen LogP contribution >= 0.6 is 0 Å². The Balaban J connectivity index is 0.000000189. The summed E-state index contributed by atoms with van der Waals surface area (Å²) in [6, 6.07) is 14.3. The van der Waals surface area contributed by atoms with E-state index in [-0.39, 0.29) is 5.92 Å². The Labute approximate surface area is 195 Å². The van der Waals surface area contributed by atoms with E-state index in [0.717, 1.165) is 23.5 Å². The highest BCUT2D eigenvalue weighted by molar-refractivity contribution is 5.86. The molecule has 1 aromatic heterocycles. The molecule has 0 bridgehead atoms. The smallest absolute Gasteiger partial charge is 0.207 e. The van der Waals surface area contributed by atoms with Crippen molar-refractivity contribution in [2.75, 3.05) is 26.0 Å². The second-order valence-corrected chi connectivity index (χ2v) is 7.35. The van der Waals surface area contributed by atoms with Gasteiger partial charge >= 0.3 is 0 Å². The second kappa shape index (κ2) is 11.5. The number of nitrogens with one attached hydrogen (secondary N) is 2. The molecule has 1 heterocycles. The molecule has 3 aromatic rings. The van der Waals surface area contributed by atoms with Crippen LogP contribution in [0.25, 0.3) is 11.3 Å². The van der Waals surface area contributed by atoms with Gasteiger partial charge in [-0.25, -0.2) is 4.98 Å². The second-order valence-electron chi connectivity index (χ2n) is 7.35. The molecule has 1 amide bonds. The molecule has 2 aromatic carbocycles. The van der Waals surface area contributed by atoms with Gasteiger partial charge in [0.15, 0.2) is 0 Å². The lowest BCUT2D eigenvalue weighted by Gasteiger charge is -2.13. The average Bonchev–Trinajstić information content (AvgIpc) is 3.50.